The molecule has 3 aromatic rings. The average molecular weight is 360 g/mol. The topological polar surface area (TPSA) is 70.6 Å². The number of carbonyl (C=O) groups is 1. The highest BCUT2D eigenvalue weighted by molar-refractivity contribution is 7.16. The monoisotopic (exact) mass is 360 g/mol. The third kappa shape index (κ3) is 3.05. The highest BCUT2D eigenvalue weighted by Crippen LogP contribution is 2.33. The van der Waals surface area contributed by atoms with Crippen LogP contribution >= 0.6 is 11.3 Å². The van der Waals surface area contributed by atoms with Crippen molar-refractivity contribution in [3.8, 4) is 11.5 Å². The summed E-state index contributed by atoms with van der Waals surface area (Å²) in [4.78, 5) is 17.5. The van der Waals surface area contributed by atoms with E-state index in [0.717, 1.165) is 10.2 Å². The number of methoxy groups -OCH3 is 2. The molecule has 1 amide bonds. The number of aryl methyl sites for hydroxylation is 1. The number of benzene rings is 1. The lowest BCUT2D eigenvalue weighted by Gasteiger charge is -2.08. The molecule has 7 nitrogen and oxygen atoms in total. The highest BCUT2D eigenvalue weighted by Gasteiger charge is 2.15. The van der Waals surface area contributed by atoms with Crippen molar-refractivity contribution in [2.75, 3.05) is 14.2 Å². The molecule has 132 valence electrons. The number of hydrogen-bond donors (Lipinski definition) is 0. The van der Waals surface area contributed by atoms with Crippen LogP contribution < -0.4 is 14.3 Å². The Kier molecular flexibility index (Phi) is 4.63. The summed E-state index contributed by atoms with van der Waals surface area (Å²) in [6.45, 7) is 3.95. The molecule has 2 heterocycles. The maximum absolute atomic E-state index is 12.6. The van der Waals surface area contributed by atoms with Crippen LogP contribution in [0.4, 0.5) is 0 Å². The predicted octanol–water partition coefficient (Wildman–Crippen LogP) is 2.78. The van der Waals surface area contributed by atoms with Crippen molar-refractivity contribution in [1.82, 2.24) is 14.3 Å². The van der Waals surface area contributed by atoms with Crippen molar-refractivity contribution >= 4 is 27.5 Å². The Morgan fingerprint density at radius 1 is 1.24 bits per heavy atom. The minimum atomic E-state index is -0.313. The summed E-state index contributed by atoms with van der Waals surface area (Å²) in [7, 11) is 5.06. The maximum Gasteiger partial charge on any atom is 0.297 e. The van der Waals surface area contributed by atoms with E-state index in [0.29, 0.717) is 22.0 Å². The molecule has 2 aromatic heterocycles. The van der Waals surface area contributed by atoms with Gasteiger partial charge in [0.15, 0.2) is 16.3 Å². The first kappa shape index (κ1) is 17.2. The van der Waals surface area contributed by atoms with E-state index in [4.69, 9.17) is 9.47 Å². The summed E-state index contributed by atoms with van der Waals surface area (Å²) >= 11 is 1.42. The molecule has 0 spiro atoms. The second-order valence-electron chi connectivity index (χ2n) is 5.79. The zero-order valence-electron chi connectivity index (χ0n) is 14.8. The molecule has 0 bridgehead atoms. The number of thiazole rings is 1. The van der Waals surface area contributed by atoms with Crippen LogP contribution in [0.2, 0.25) is 0 Å². The normalized spacial score (nSPS) is 12.2. The molecule has 3 rings (SSSR count). The molecule has 0 saturated heterocycles. The van der Waals surface area contributed by atoms with E-state index in [1.807, 2.05) is 37.6 Å². The molecule has 0 fully saturated rings. The van der Waals surface area contributed by atoms with Crippen molar-refractivity contribution in [1.29, 1.82) is 0 Å². The molecule has 8 heteroatoms. The van der Waals surface area contributed by atoms with Crippen LogP contribution in [0.5, 0.6) is 11.5 Å². The fraction of sp³-hybridized carbons (Fsp3) is 0.353. The molecular weight excluding hydrogens is 340 g/mol. The third-order valence-corrected chi connectivity index (χ3v) is 4.99. The van der Waals surface area contributed by atoms with E-state index >= 15 is 0 Å². The minimum absolute atomic E-state index is 0.0915. The van der Waals surface area contributed by atoms with E-state index in [-0.39, 0.29) is 11.9 Å². The number of aromatic nitrogens is 3. The van der Waals surface area contributed by atoms with Gasteiger partial charge >= 0.3 is 0 Å². The van der Waals surface area contributed by atoms with Crippen LogP contribution in [0.1, 0.15) is 30.4 Å². The zero-order chi connectivity index (χ0) is 18.1. The van der Waals surface area contributed by atoms with Gasteiger partial charge in [0.05, 0.1) is 24.4 Å². The molecule has 0 aliphatic carbocycles. The van der Waals surface area contributed by atoms with E-state index in [9.17, 15) is 4.79 Å². The largest absolute Gasteiger partial charge is 0.493 e. The second-order valence-corrected chi connectivity index (χ2v) is 6.80. The predicted molar refractivity (Wildman–Crippen MR) is 96.4 cm³/mol. The maximum atomic E-state index is 12.6. The Morgan fingerprint density at radius 3 is 2.56 bits per heavy atom. The summed E-state index contributed by atoms with van der Waals surface area (Å²) in [6.07, 6.45) is 1.61. The Hall–Kier alpha value is -2.61. The van der Waals surface area contributed by atoms with E-state index in [1.54, 1.807) is 31.2 Å². The van der Waals surface area contributed by atoms with Crippen molar-refractivity contribution in [3.63, 3.8) is 0 Å². The lowest BCUT2D eigenvalue weighted by atomic mass is 10.3. The summed E-state index contributed by atoms with van der Waals surface area (Å²) < 4.78 is 15.2. The number of hydrogen-bond acceptors (Lipinski definition) is 5. The van der Waals surface area contributed by atoms with Gasteiger partial charge in [-0.2, -0.15) is 10.1 Å². The van der Waals surface area contributed by atoms with Gasteiger partial charge in [0.2, 0.25) is 0 Å². The lowest BCUT2D eigenvalue weighted by Crippen LogP contribution is -2.16. The molecule has 25 heavy (non-hydrogen) atoms. The van der Waals surface area contributed by atoms with Gasteiger partial charge in [0, 0.05) is 31.4 Å². The Morgan fingerprint density at radius 2 is 1.92 bits per heavy atom. The van der Waals surface area contributed by atoms with E-state index in [1.165, 1.54) is 11.3 Å². The second kappa shape index (κ2) is 6.72. The Bertz CT molecular complexity index is 997. The molecule has 0 aliphatic heterocycles. The number of rotatable bonds is 4. The van der Waals surface area contributed by atoms with Gasteiger partial charge in [-0.25, -0.2) is 0 Å². The van der Waals surface area contributed by atoms with Gasteiger partial charge in [-0.05, 0) is 19.9 Å². The first-order chi connectivity index (χ1) is 12.0. The molecule has 1 aromatic carbocycles. The lowest BCUT2D eigenvalue weighted by molar-refractivity contribution is 0.0986. The van der Waals surface area contributed by atoms with Crippen molar-refractivity contribution in [3.05, 3.63) is 34.9 Å². The van der Waals surface area contributed by atoms with Gasteiger partial charge in [0.25, 0.3) is 5.91 Å². The standard InChI is InChI=1S/C17H20N4O3S/c1-10(2)21-11(6-7-18-21)16(22)19-17-20(3)12-8-13(23-4)14(24-5)9-15(12)25-17/h6-10H,1-5H3. The van der Waals surface area contributed by atoms with Crippen LogP contribution in [0.25, 0.3) is 10.2 Å². The van der Waals surface area contributed by atoms with Gasteiger partial charge in [-0.1, -0.05) is 11.3 Å². The first-order valence-corrected chi connectivity index (χ1v) is 8.62. The summed E-state index contributed by atoms with van der Waals surface area (Å²) in [5, 5.41) is 4.19. The van der Waals surface area contributed by atoms with Gasteiger partial charge in [-0.3, -0.25) is 9.48 Å². The van der Waals surface area contributed by atoms with Crippen molar-refractivity contribution in [2.45, 2.75) is 19.9 Å². The average Bonchev–Trinajstić information content (AvgIpc) is 3.19. The fourth-order valence-electron chi connectivity index (χ4n) is 2.60. The molecule has 0 saturated carbocycles. The summed E-state index contributed by atoms with van der Waals surface area (Å²) in [5.74, 6) is 0.971. The molecule has 0 radical (unpaired) electrons. The van der Waals surface area contributed by atoms with Crippen LogP contribution in [0.15, 0.2) is 29.4 Å². The SMILES string of the molecule is COc1cc2sc(=NC(=O)c3ccnn3C(C)C)n(C)c2cc1OC. The molecule has 0 N–H and O–H groups in total. The van der Waals surface area contributed by atoms with E-state index in [2.05, 4.69) is 10.1 Å². The quantitative estimate of drug-likeness (QED) is 0.717. The van der Waals surface area contributed by atoms with Gasteiger partial charge < -0.3 is 14.0 Å². The molecular formula is C17H20N4O3S. The number of amides is 1. The Balaban J connectivity index is 2.12. The van der Waals surface area contributed by atoms with Crippen molar-refractivity contribution in [2.24, 2.45) is 12.0 Å². The van der Waals surface area contributed by atoms with Crippen molar-refractivity contribution < 1.29 is 14.3 Å². The smallest absolute Gasteiger partial charge is 0.297 e. The number of fused-ring (bicyclic) bond motifs is 1. The summed E-state index contributed by atoms with van der Waals surface area (Å²) in [5.41, 5.74) is 1.40. The van der Waals surface area contributed by atoms with Crippen LogP contribution in [0.3, 0.4) is 0 Å². The molecule has 0 aliphatic rings. The first-order valence-electron chi connectivity index (χ1n) is 7.80. The van der Waals surface area contributed by atoms with Crippen LogP contribution in [-0.2, 0) is 7.05 Å². The number of carbonyl (C=O) groups excluding carboxylic acids is 1. The number of nitrogens with zero attached hydrogens (tertiary/aromatic N) is 4. The van der Waals surface area contributed by atoms with Crippen LogP contribution in [0, 0.1) is 0 Å². The molecule has 0 atom stereocenters. The van der Waals surface area contributed by atoms with Gasteiger partial charge in [-0.15, -0.1) is 0 Å². The minimum Gasteiger partial charge on any atom is -0.493 e. The van der Waals surface area contributed by atoms with E-state index < -0.39 is 0 Å². The number of ether oxygens (including phenoxy) is 2. The fourth-order valence-corrected chi connectivity index (χ4v) is 3.63. The zero-order valence-corrected chi connectivity index (χ0v) is 15.6. The third-order valence-electron chi connectivity index (χ3n) is 3.89. The highest BCUT2D eigenvalue weighted by atomic mass is 32.1. The molecule has 0 unspecified atom stereocenters. The Labute approximate surface area is 149 Å². The van der Waals surface area contributed by atoms with Gasteiger partial charge in [0.1, 0.15) is 5.69 Å². The summed E-state index contributed by atoms with van der Waals surface area (Å²) in [6, 6.07) is 5.55. The van der Waals surface area contributed by atoms with Crippen LogP contribution in [-0.4, -0.2) is 34.5 Å².